The lowest BCUT2D eigenvalue weighted by Gasteiger charge is -2.30. The second-order valence-corrected chi connectivity index (χ2v) is 16.5. The van der Waals surface area contributed by atoms with Crippen LogP contribution in [0.1, 0.15) is 23.6 Å². The van der Waals surface area contributed by atoms with Crippen LogP contribution in [0.2, 0.25) is 0 Å². The first-order valence-electron chi connectivity index (χ1n) is 21.3. The van der Waals surface area contributed by atoms with Crippen molar-refractivity contribution in [2.45, 2.75) is 12.3 Å². The van der Waals surface area contributed by atoms with Gasteiger partial charge in [0.25, 0.3) is 0 Å². The maximum Gasteiger partial charge on any atom is 0.0546 e. The number of benzene rings is 11. The maximum atomic E-state index is 2.52. The molecule has 0 heterocycles. The van der Waals surface area contributed by atoms with Crippen LogP contribution in [0.15, 0.2) is 231 Å². The van der Waals surface area contributed by atoms with Crippen LogP contribution in [0.25, 0.3) is 76.5 Å². The summed E-state index contributed by atoms with van der Waals surface area (Å²) in [6.45, 7) is 2.39. The lowest BCUT2D eigenvalue weighted by atomic mass is 9.74. The van der Waals surface area contributed by atoms with Crippen LogP contribution in [0.3, 0.4) is 0 Å². The molecule has 0 aromatic heterocycles. The Morgan fingerprint density at radius 2 is 0.820 bits per heavy atom. The second-order valence-electron chi connectivity index (χ2n) is 16.5. The summed E-state index contributed by atoms with van der Waals surface area (Å²) in [5, 5.41) is 9.89. The fraction of sp³-hybridized carbons (Fsp3) is 0.0333. The molecule has 1 heteroatoms. The molecule has 11 aromatic carbocycles. The molecule has 286 valence electrons. The third-order valence-electron chi connectivity index (χ3n) is 13.3. The van der Waals surface area contributed by atoms with E-state index in [1.54, 1.807) is 0 Å². The molecule has 0 amide bonds. The zero-order chi connectivity index (χ0) is 40.5. The molecule has 1 aliphatic rings. The van der Waals surface area contributed by atoms with Crippen LogP contribution in [0.4, 0.5) is 17.1 Å². The molecular weight excluding hydrogens is 735 g/mol. The molecule has 0 saturated carbocycles. The molecule has 0 N–H and O–H groups in total. The quantitative estimate of drug-likeness (QED) is 0.152. The average Bonchev–Trinajstić information content (AvgIpc) is 3.59. The van der Waals surface area contributed by atoms with Crippen LogP contribution >= 0.6 is 0 Å². The van der Waals surface area contributed by atoms with Gasteiger partial charge in [0.2, 0.25) is 0 Å². The largest absolute Gasteiger partial charge is 0.310 e. The molecule has 1 unspecified atom stereocenters. The molecule has 12 rings (SSSR count). The van der Waals surface area contributed by atoms with E-state index >= 15 is 0 Å². The standard InChI is InChI=1S/C60H41N/c1-60(43-24-9-4-10-25-43)55-32-18-17-29-50(55)53-38-45(34-36-56(53)60)61(57-37-42-23-11-12-26-46(42)47-27-13-15-30-51(47)57)44-33-35-49-48-28-14-16-31-52(48)58(40-19-5-2-6-20-40)59(54(49)39-44)41-21-7-3-8-22-41/h2-39H,1H3. The second kappa shape index (κ2) is 13.9. The van der Waals surface area contributed by atoms with E-state index in [0.717, 1.165) is 17.1 Å². The predicted octanol–water partition coefficient (Wildman–Crippen LogP) is 16.4. The van der Waals surface area contributed by atoms with Crippen molar-refractivity contribution in [2.24, 2.45) is 0 Å². The van der Waals surface area contributed by atoms with Crippen molar-refractivity contribution < 1.29 is 0 Å². The summed E-state index contributed by atoms with van der Waals surface area (Å²) >= 11 is 0. The van der Waals surface area contributed by atoms with Crippen molar-refractivity contribution in [3.63, 3.8) is 0 Å². The summed E-state index contributed by atoms with van der Waals surface area (Å²) in [4.78, 5) is 2.52. The first-order valence-corrected chi connectivity index (χ1v) is 21.3. The highest BCUT2D eigenvalue weighted by Crippen LogP contribution is 2.55. The number of hydrogen-bond donors (Lipinski definition) is 0. The van der Waals surface area contributed by atoms with Gasteiger partial charge in [-0.2, -0.15) is 0 Å². The Hall–Kier alpha value is -7.74. The lowest BCUT2D eigenvalue weighted by molar-refractivity contribution is 0.714. The van der Waals surface area contributed by atoms with Crippen LogP contribution in [0, 0.1) is 0 Å². The van der Waals surface area contributed by atoms with E-state index in [0.29, 0.717) is 0 Å². The Morgan fingerprint density at radius 1 is 0.328 bits per heavy atom. The minimum Gasteiger partial charge on any atom is -0.310 e. The van der Waals surface area contributed by atoms with Gasteiger partial charge >= 0.3 is 0 Å². The SMILES string of the molecule is CC1(c2ccccc2)c2ccccc2-c2cc(N(c3ccc4c(c3)c(-c3ccccc3)c(-c3ccccc3)c3ccccc34)c3cc4ccccc4c4ccccc34)ccc21. The summed E-state index contributed by atoms with van der Waals surface area (Å²) in [7, 11) is 0. The molecular formula is C60H41N. The van der Waals surface area contributed by atoms with Crippen LogP contribution in [0.5, 0.6) is 0 Å². The van der Waals surface area contributed by atoms with Gasteiger partial charge in [0.1, 0.15) is 0 Å². The van der Waals surface area contributed by atoms with Gasteiger partial charge in [0, 0.05) is 22.2 Å². The molecule has 0 aliphatic heterocycles. The van der Waals surface area contributed by atoms with Gasteiger partial charge in [-0.3, -0.25) is 0 Å². The zero-order valence-corrected chi connectivity index (χ0v) is 33.9. The molecule has 11 aromatic rings. The van der Waals surface area contributed by atoms with E-state index in [4.69, 9.17) is 0 Å². The van der Waals surface area contributed by atoms with Crippen molar-refractivity contribution in [3.05, 3.63) is 247 Å². The summed E-state index contributed by atoms with van der Waals surface area (Å²) < 4.78 is 0. The predicted molar refractivity (Wildman–Crippen MR) is 259 cm³/mol. The van der Waals surface area contributed by atoms with Crippen molar-refractivity contribution in [1.29, 1.82) is 0 Å². The fourth-order valence-electron chi connectivity index (χ4n) is 10.5. The highest BCUT2D eigenvalue weighted by atomic mass is 15.1. The third-order valence-corrected chi connectivity index (χ3v) is 13.3. The number of nitrogens with zero attached hydrogens (tertiary/aromatic N) is 1. The average molecular weight is 776 g/mol. The van der Waals surface area contributed by atoms with Gasteiger partial charge < -0.3 is 4.90 Å². The molecule has 0 saturated heterocycles. The van der Waals surface area contributed by atoms with Gasteiger partial charge in [-0.1, -0.05) is 200 Å². The summed E-state index contributed by atoms with van der Waals surface area (Å²) in [6, 6.07) is 85.2. The minimum absolute atomic E-state index is 0.283. The highest BCUT2D eigenvalue weighted by molar-refractivity contribution is 6.22. The molecule has 0 fully saturated rings. The summed E-state index contributed by atoms with van der Waals surface area (Å²) in [6.07, 6.45) is 0. The monoisotopic (exact) mass is 775 g/mol. The van der Waals surface area contributed by atoms with E-state index in [9.17, 15) is 0 Å². The maximum absolute atomic E-state index is 2.52. The normalized spacial score (nSPS) is 14.4. The first-order chi connectivity index (χ1) is 30.2. The van der Waals surface area contributed by atoms with Crippen molar-refractivity contribution in [3.8, 4) is 33.4 Å². The zero-order valence-electron chi connectivity index (χ0n) is 33.9. The number of hydrogen-bond acceptors (Lipinski definition) is 1. The topological polar surface area (TPSA) is 3.24 Å². The van der Waals surface area contributed by atoms with Gasteiger partial charge in [0.15, 0.2) is 0 Å². The summed E-state index contributed by atoms with van der Waals surface area (Å²) in [5.74, 6) is 0. The lowest BCUT2D eigenvalue weighted by Crippen LogP contribution is -2.22. The van der Waals surface area contributed by atoms with E-state index in [-0.39, 0.29) is 5.41 Å². The van der Waals surface area contributed by atoms with Gasteiger partial charge in [-0.05, 0) is 125 Å². The smallest absolute Gasteiger partial charge is 0.0546 e. The molecule has 0 radical (unpaired) electrons. The van der Waals surface area contributed by atoms with Gasteiger partial charge in [-0.15, -0.1) is 0 Å². The molecule has 0 spiro atoms. The summed E-state index contributed by atoms with van der Waals surface area (Å²) in [5.41, 5.74) is 14.5. The van der Waals surface area contributed by atoms with E-state index < -0.39 is 0 Å². The van der Waals surface area contributed by atoms with Crippen LogP contribution in [-0.4, -0.2) is 0 Å². The fourth-order valence-corrected chi connectivity index (χ4v) is 10.5. The van der Waals surface area contributed by atoms with Crippen molar-refractivity contribution in [1.82, 2.24) is 0 Å². The number of rotatable bonds is 6. The number of fused-ring (bicyclic) bond motifs is 9. The number of anilines is 3. The first kappa shape index (κ1) is 35.2. The van der Waals surface area contributed by atoms with Crippen molar-refractivity contribution in [2.75, 3.05) is 4.90 Å². The molecule has 1 nitrogen and oxygen atoms in total. The molecule has 1 atom stereocenters. The van der Waals surface area contributed by atoms with Gasteiger partial charge in [0.05, 0.1) is 5.69 Å². The Labute approximate surface area is 356 Å². The van der Waals surface area contributed by atoms with E-state index in [1.165, 1.54) is 93.2 Å². The van der Waals surface area contributed by atoms with Crippen LogP contribution < -0.4 is 4.90 Å². The molecule has 1 aliphatic carbocycles. The Bertz CT molecular complexity index is 3480. The molecule has 61 heavy (non-hydrogen) atoms. The van der Waals surface area contributed by atoms with E-state index in [2.05, 4.69) is 242 Å². The van der Waals surface area contributed by atoms with Crippen LogP contribution in [-0.2, 0) is 5.41 Å². The Balaban J connectivity index is 1.19. The molecule has 0 bridgehead atoms. The Morgan fingerprint density at radius 3 is 1.54 bits per heavy atom. The minimum atomic E-state index is -0.283. The van der Waals surface area contributed by atoms with Gasteiger partial charge in [-0.25, -0.2) is 0 Å². The Kier molecular flexibility index (Phi) is 8.05. The highest BCUT2D eigenvalue weighted by Gasteiger charge is 2.41. The van der Waals surface area contributed by atoms with Crippen molar-refractivity contribution >= 4 is 60.2 Å². The third kappa shape index (κ3) is 5.41. The van der Waals surface area contributed by atoms with E-state index in [1.807, 2.05) is 0 Å².